The van der Waals surface area contributed by atoms with E-state index in [1.165, 1.54) is 51.4 Å². The summed E-state index contributed by atoms with van der Waals surface area (Å²) in [4.78, 5) is 12.5. The van der Waals surface area contributed by atoms with E-state index >= 15 is 0 Å². The van der Waals surface area contributed by atoms with Gasteiger partial charge in [0.05, 0.1) is 5.41 Å². The quantitative estimate of drug-likeness (QED) is 0.169. The Morgan fingerprint density at radius 1 is 0.815 bits per heavy atom. The minimum atomic E-state index is -0.975. The lowest BCUT2D eigenvalue weighted by Crippen LogP contribution is -2.47. The third kappa shape index (κ3) is 10.0. The molecular weight excluding hydrogens is 375 g/mol. The van der Waals surface area contributed by atoms with Crippen LogP contribution in [0.2, 0.25) is 0 Å². The van der Waals surface area contributed by atoms with E-state index in [0.29, 0.717) is 12.3 Å². The van der Waals surface area contributed by atoms with Crippen LogP contribution in [0.15, 0.2) is 0 Å². The highest BCUT2D eigenvalue weighted by molar-refractivity contribution is 6.50. The van der Waals surface area contributed by atoms with Crippen molar-refractivity contribution in [2.45, 2.75) is 129 Å². The Morgan fingerprint density at radius 3 is 1.74 bits per heavy atom. The second-order valence-electron chi connectivity index (χ2n) is 9.27. The standard InChI is InChI=1S/C24H46Cl2O/c1-7-8-9-10-11-12-13-14-15-19-24(25,26)23(6,22(5)27)21(4)18-16-17-20(2)3/h20-21H,7-19H2,1-6H3. The molecule has 27 heavy (non-hydrogen) atoms. The largest absolute Gasteiger partial charge is 0.299 e. The van der Waals surface area contributed by atoms with Gasteiger partial charge in [-0.25, -0.2) is 0 Å². The van der Waals surface area contributed by atoms with Crippen LogP contribution in [0.5, 0.6) is 0 Å². The van der Waals surface area contributed by atoms with E-state index in [0.717, 1.165) is 25.7 Å². The van der Waals surface area contributed by atoms with Gasteiger partial charge in [0.2, 0.25) is 0 Å². The zero-order valence-electron chi connectivity index (χ0n) is 19.0. The Balaban J connectivity index is 4.42. The molecule has 0 aliphatic rings. The molecule has 0 fully saturated rings. The van der Waals surface area contributed by atoms with Gasteiger partial charge in [0.25, 0.3) is 0 Å². The minimum Gasteiger partial charge on any atom is -0.299 e. The van der Waals surface area contributed by atoms with E-state index in [4.69, 9.17) is 23.2 Å². The van der Waals surface area contributed by atoms with Crippen molar-refractivity contribution in [2.75, 3.05) is 0 Å². The number of alkyl halides is 2. The molecule has 162 valence electrons. The Kier molecular flexibility index (Phi) is 14.4. The van der Waals surface area contributed by atoms with Crippen LogP contribution in [0.25, 0.3) is 0 Å². The molecule has 0 aliphatic heterocycles. The van der Waals surface area contributed by atoms with E-state index in [2.05, 4.69) is 27.7 Å². The summed E-state index contributed by atoms with van der Waals surface area (Å²) in [6.07, 6.45) is 15.5. The molecule has 0 amide bonds. The van der Waals surface area contributed by atoms with Crippen molar-refractivity contribution in [3.8, 4) is 0 Å². The third-order valence-corrected chi connectivity index (χ3v) is 7.65. The molecule has 0 radical (unpaired) electrons. The van der Waals surface area contributed by atoms with Crippen molar-refractivity contribution >= 4 is 29.0 Å². The predicted molar refractivity (Wildman–Crippen MR) is 123 cm³/mol. The molecule has 0 rings (SSSR count). The van der Waals surface area contributed by atoms with Gasteiger partial charge in [-0.2, -0.15) is 0 Å². The second kappa shape index (κ2) is 14.3. The molecule has 2 unspecified atom stereocenters. The van der Waals surface area contributed by atoms with Crippen molar-refractivity contribution < 1.29 is 4.79 Å². The molecule has 0 bridgehead atoms. The van der Waals surface area contributed by atoms with Crippen molar-refractivity contribution in [1.29, 1.82) is 0 Å². The van der Waals surface area contributed by atoms with Gasteiger partial charge in [0.1, 0.15) is 10.1 Å². The number of unbranched alkanes of at least 4 members (excludes halogenated alkanes) is 8. The number of halogens is 2. The average Bonchev–Trinajstić information content (AvgIpc) is 2.58. The van der Waals surface area contributed by atoms with Crippen LogP contribution >= 0.6 is 23.2 Å². The summed E-state index contributed by atoms with van der Waals surface area (Å²) in [6.45, 7) is 12.5. The second-order valence-corrected chi connectivity index (χ2v) is 10.8. The predicted octanol–water partition coefficient (Wildman–Crippen LogP) is 9.14. The Labute approximate surface area is 180 Å². The van der Waals surface area contributed by atoms with Gasteiger partial charge in [-0.15, -0.1) is 23.2 Å². The highest BCUT2D eigenvalue weighted by atomic mass is 35.5. The van der Waals surface area contributed by atoms with Gasteiger partial charge in [0.15, 0.2) is 0 Å². The molecule has 3 heteroatoms. The summed E-state index contributed by atoms with van der Waals surface area (Å²) in [5, 5.41) is 0. The van der Waals surface area contributed by atoms with E-state index in [9.17, 15) is 4.79 Å². The van der Waals surface area contributed by atoms with Gasteiger partial charge < -0.3 is 0 Å². The van der Waals surface area contributed by atoms with Gasteiger partial charge in [-0.3, -0.25) is 4.79 Å². The fraction of sp³-hybridized carbons (Fsp3) is 0.958. The topological polar surface area (TPSA) is 17.1 Å². The Hall–Kier alpha value is 0.250. The molecule has 0 aliphatic carbocycles. The van der Waals surface area contributed by atoms with Gasteiger partial charge in [-0.1, -0.05) is 98.3 Å². The minimum absolute atomic E-state index is 0.125. The van der Waals surface area contributed by atoms with E-state index < -0.39 is 9.75 Å². The third-order valence-electron chi connectivity index (χ3n) is 6.49. The van der Waals surface area contributed by atoms with Gasteiger partial charge in [0, 0.05) is 0 Å². The first-order chi connectivity index (χ1) is 12.6. The SMILES string of the molecule is CCCCCCCCCCCC(Cl)(Cl)C(C)(C(C)=O)C(C)CCCC(C)C. The maximum atomic E-state index is 12.5. The van der Waals surface area contributed by atoms with Crippen molar-refractivity contribution in [2.24, 2.45) is 17.3 Å². The number of ketones is 1. The molecular formula is C24H46Cl2O. The summed E-state index contributed by atoms with van der Waals surface area (Å²) in [6, 6.07) is 0. The summed E-state index contributed by atoms with van der Waals surface area (Å²) < 4.78 is -0.975. The van der Waals surface area contributed by atoms with E-state index in [-0.39, 0.29) is 11.7 Å². The number of rotatable bonds is 17. The zero-order chi connectivity index (χ0) is 20.9. The zero-order valence-corrected chi connectivity index (χ0v) is 20.5. The molecule has 2 atom stereocenters. The van der Waals surface area contributed by atoms with E-state index in [1.54, 1.807) is 6.92 Å². The molecule has 0 aromatic carbocycles. The fourth-order valence-electron chi connectivity index (χ4n) is 4.00. The lowest BCUT2D eigenvalue weighted by molar-refractivity contribution is -0.129. The molecule has 0 saturated carbocycles. The molecule has 1 nitrogen and oxygen atoms in total. The first-order valence-corrected chi connectivity index (χ1v) is 12.2. The van der Waals surface area contributed by atoms with Crippen LogP contribution in [-0.2, 0) is 4.79 Å². The maximum absolute atomic E-state index is 12.5. The summed E-state index contributed by atoms with van der Waals surface area (Å²) in [5.41, 5.74) is -0.673. The lowest BCUT2D eigenvalue weighted by atomic mass is 9.68. The normalized spacial score (nSPS) is 15.7. The van der Waals surface area contributed by atoms with Crippen molar-refractivity contribution in [3.05, 3.63) is 0 Å². The van der Waals surface area contributed by atoms with Crippen LogP contribution < -0.4 is 0 Å². The number of carbonyl (C=O) groups excluding carboxylic acids is 1. The molecule has 0 heterocycles. The van der Waals surface area contributed by atoms with Gasteiger partial charge in [-0.05, 0) is 38.5 Å². The fourth-order valence-corrected chi connectivity index (χ4v) is 4.91. The molecule has 0 N–H and O–H groups in total. The maximum Gasteiger partial charge on any atom is 0.138 e. The van der Waals surface area contributed by atoms with Crippen molar-refractivity contribution in [1.82, 2.24) is 0 Å². The summed E-state index contributed by atoms with van der Waals surface area (Å²) in [5.74, 6) is 1.02. The summed E-state index contributed by atoms with van der Waals surface area (Å²) >= 11 is 13.6. The van der Waals surface area contributed by atoms with Crippen LogP contribution in [-0.4, -0.2) is 10.1 Å². The monoisotopic (exact) mass is 420 g/mol. The Bertz CT molecular complexity index is 392. The molecule has 0 saturated heterocycles. The van der Waals surface area contributed by atoms with Crippen LogP contribution in [0.1, 0.15) is 125 Å². The number of Topliss-reactive ketones (excluding diaryl/α,β-unsaturated/α-hetero) is 1. The van der Waals surface area contributed by atoms with Gasteiger partial charge >= 0.3 is 0 Å². The smallest absolute Gasteiger partial charge is 0.138 e. The highest BCUT2D eigenvalue weighted by Gasteiger charge is 2.51. The number of hydrogen-bond acceptors (Lipinski definition) is 1. The lowest BCUT2D eigenvalue weighted by Gasteiger charge is -2.43. The first kappa shape index (κ1) is 27.2. The number of hydrogen-bond donors (Lipinski definition) is 0. The summed E-state index contributed by atoms with van der Waals surface area (Å²) in [7, 11) is 0. The molecule has 0 aromatic heterocycles. The molecule has 0 aromatic rings. The van der Waals surface area contributed by atoms with E-state index in [1.807, 2.05) is 6.92 Å². The van der Waals surface area contributed by atoms with Crippen LogP contribution in [0.4, 0.5) is 0 Å². The van der Waals surface area contributed by atoms with Crippen LogP contribution in [0, 0.1) is 17.3 Å². The van der Waals surface area contributed by atoms with Crippen LogP contribution in [0.3, 0.4) is 0 Å². The number of carbonyl (C=O) groups is 1. The molecule has 0 spiro atoms. The Morgan fingerprint density at radius 2 is 1.30 bits per heavy atom. The highest BCUT2D eigenvalue weighted by Crippen LogP contribution is 2.51. The van der Waals surface area contributed by atoms with Crippen molar-refractivity contribution in [3.63, 3.8) is 0 Å². The average molecular weight is 422 g/mol. The first-order valence-electron chi connectivity index (χ1n) is 11.5.